The fourth-order valence-electron chi connectivity index (χ4n) is 5.79. The average molecular weight is 587 g/mol. The number of aromatic nitrogens is 4. The Hall–Kier alpha value is -3.02. The summed E-state index contributed by atoms with van der Waals surface area (Å²) < 4.78 is 83.4. The van der Waals surface area contributed by atoms with E-state index in [1.165, 1.54) is 24.7 Å². The molecule has 6 nitrogen and oxygen atoms in total. The zero-order valence-electron chi connectivity index (χ0n) is 22.2. The summed E-state index contributed by atoms with van der Waals surface area (Å²) >= 11 is 6.08. The number of anilines is 2. The molecule has 1 saturated carbocycles. The molecule has 0 spiro atoms. The normalized spacial score (nSPS) is 18.1. The van der Waals surface area contributed by atoms with Gasteiger partial charge in [0.1, 0.15) is 0 Å². The van der Waals surface area contributed by atoms with E-state index in [-0.39, 0.29) is 34.2 Å². The van der Waals surface area contributed by atoms with Crippen molar-refractivity contribution < 1.29 is 26.3 Å². The van der Waals surface area contributed by atoms with Crippen molar-refractivity contribution in [1.82, 2.24) is 20.2 Å². The number of benzene rings is 2. The topological polar surface area (TPSA) is 50.1 Å². The second-order valence-corrected chi connectivity index (χ2v) is 11.2. The number of hydrogen-bond acceptors (Lipinski definition) is 5. The summed E-state index contributed by atoms with van der Waals surface area (Å²) in [5.41, 5.74) is 0.186. The van der Waals surface area contributed by atoms with Crippen LogP contribution in [-0.4, -0.2) is 33.3 Å². The van der Waals surface area contributed by atoms with E-state index < -0.39 is 29.5 Å². The molecule has 1 aliphatic carbocycles. The summed E-state index contributed by atoms with van der Waals surface area (Å²) in [6.07, 6.45) is -5.86. The number of rotatable bonds is 6. The van der Waals surface area contributed by atoms with Crippen LogP contribution in [0.3, 0.4) is 0 Å². The predicted molar refractivity (Wildman–Crippen MR) is 139 cm³/mol. The van der Waals surface area contributed by atoms with Crippen LogP contribution in [0.1, 0.15) is 65.1 Å². The van der Waals surface area contributed by atoms with E-state index in [4.69, 9.17) is 11.6 Å². The van der Waals surface area contributed by atoms with Crippen molar-refractivity contribution in [3.05, 3.63) is 62.7 Å². The fourth-order valence-corrected chi connectivity index (χ4v) is 6.04. The van der Waals surface area contributed by atoms with Crippen LogP contribution in [0.4, 0.5) is 38.0 Å². The highest BCUT2D eigenvalue weighted by Gasteiger charge is 2.40. The van der Waals surface area contributed by atoms with Crippen LogP contribution in [0.2, 0.25) is 5.02 Å². The quantitative estimate of drug-likeness (QED) is 0.284. The molecule has 3 aromatic rings. The minimum atomic E-state index is -4.60. The second-order valence-electron chi connectivity index (χ2n) is 10.7. The number of aryl methyl sites for hydroxylation is 2. The SMILES string of the molecule is Cc1cc2c(c(C)c1C(F)(F)F)N(CC1CC1)CCCC2N(Cc1cc(Cl)cc(C(F)(F)F)c1)c1nnn(C)n1. The molecule has 1 aliphatic heterocycles. The van der Waals surface area contributed by atoms with Gasteiger partial charge in [0, 0.05) is 30.3 Å². The molecule has 0 N–H and O–H groups in total. The number of tetrazole rings is 1. The average Bonchev–Trinajstić information content (AvgIpc) is 3.58. The molecule has 1 fully saturated rings. The van der Waals surface area contributed by atoms with Crippen LogP contribution in [0.25, 0.3) is 0 Å². The van der Waals surface area contributed by atoms with Crippen LogP contribution in [0.5, 0.6) is 0 Å². The maximum absolute atomic E-state index is 14.2. The molecule has 0 radical (unpaired) electrons. The van der Waals surface area contributed by atoms with Crippen molar-refractivity contribution in [3.8, 4) is 0 Å². The highest BCUT2D eigenvalue weighted by atomic mass is 35.5. The Kier molecular flexibility index (Phi) is 7.43. The van der Waals surface area contributed by atoms with Crippen molar-refractivity contribution in [1.29, 1.82) is 0 Å². The lowest BCUT2D eigenvalue weighted by Crippen LogP contribution is -2.31. The zero-order chi connectivity index (χ0) is 29.0. The Labute approximate surface area is 232 Å². The van der Waals surface area contributed by atoms with Crippen LogP contribution in [0, 0.1) is 19.8 Å². The molecule has 2 heterocycles. The monoisotopic (exact) mass is 586 g/mol. The summed E-state index contributed by atoms with van der Waals surface area (Å²) in [5.74, 6) is 0.599. The summed E-state index contributed by atoms with van der Waals surface area (Å²) in [7, 11) is 1.57. The van der Waals surface area contributed by atoms with Crippen LogP contribution in [-0.2, 0) is 25.9 Å². The first-order valence-corrected chi connectivity index (χ1v) is 13.4. The minimum Gasteiger partial charge on any atom is -0.371 e. The van der Waals surface area contributed by atoms with E-state index in [2.05, 4.69) is 20.3 Å². The molecule has 40 heavy (non-hydrogen) atoms. The van der Waals surface area contributed by atoms with Crippen LogP contribution in [0.15, 0.2) is 24.3 Å². The molecule has 2 aliphatic rings. The van der Waals surface area contributed by atoms with E-state index in [0.29, 0.717) is 43.1 Å². The van der Waals surface area contributed by atoms with Gasteiger partial charge in [0.2, 0.25) is 0 Å². The molecule has 1 aromatic heterocycles. The van der Waals surface area contributed by atoms with Gasteiger partial charge < -0.3 is 9.80 Å². The highest BCUT2D eigenvalue weighted by molar-refractivity contribution is 6.30. The van der Waals surface area contributed by atoms with Crippen molar-refractivity contribution in [3.63, 3.8) is 0 Å². The third-order valence-corrected chi connectivity index (χ3v) is 7.80. The van der Waals surface area contributed by atoms with Crippen molar-refractivity contribution in [2.24, 2.45) is 13.0 Å². The van der Waals surface area contributed by atoms with Gasteiger partial charge in [-0.15, -0.1) is 5.10 Å². The van der Waals surface area contributed by atoms with Gasteiger partial charge in [0.15, 0.2) is 0 Å². The van der Waals surface area contributed by atoms with Gasteiger partial charge in [-0.25, -0.2) is 0 Å². The lowest BCUT2D eigenvalue weighted by molar-refractivity contribution is -0.139. The Morgan fingerprint density at radius 3 is 2.33 bits per heavy atom. The first-order valence-electron chi connectivity index (χ1n) is 13.1. The van der Waals surface area contributed by atoms with Gasteiger partial charge in [-0.05, 0) is 91.1 Å². The molecule has 5 rings (SSSR count). The summed E-state index contributed by atoms with van der Waals surface area (Å²) in [4.78, 5) is 5.02. The maximum atomic E-state index is 14.2. The first kappa shape index (κ1) is 28.5. The van der Waals surface area contributed by atoms with Crippen LogP contribution >= 0.6 is 11.6 Å². The number of alkyl halides is 6. The smallest absolute Gasteiger partial charge is 0.371 e. The maximum Gasteiger partial charge on any atom is 0.416 e. The Morgan fingerprint density at radius 2 is 1.73 bits per heavy atom. The van der Waals surface area contributed by atoms with Gasteiger partial charge in [-0.3, -0.25) is 0 Å². The Morgan fingerprint density at radius 1 is 1.00 bits per heavy atom. The standard InChI is InChI=1S/C27H29ClF6N6/c1-15-9-21-22(5-4-8-39(13-17-6-7-17)24(21)16(2)23(15)27(32,33)34)40(25-35-37-38(3)36-25)14-18-10-19(26(29,30)31)12-20(28)11-18/h9-12,17,22H,4-8,13-14H2,1-3H3. The van der Waals surface area contributed by atoms with Crippen molar-refractivity contribution in [2.45, 2.75) is 64.5 Å². The van der Waals surface area contributed by atoms with Crippen LogP contribution < -0.4 is 9.80 Å². The van der Waals surface area contributed by atoms with Gasteiger partial charge >= 0.3 is 12.4 Å². The Balaban J connectivity index is 1.66. The van der Waals surface area contributed by atoms with Crippen molar-refractivity contribution in [2.75, 3.05) is 22.9 Å². The molecule has 0 saturated heterocycles. The largest absolute Gasteiger partial charge is 0.416 e. The molecular formula is C27H29ClF6N6. The van der Waals surface area contributed by atoms with Gasteiger partial charge in [0.25, 0.3) is 5.95 Å². The summed E-state index contributed by atoms with van der Waals surface area (Å²) in [6, 6.07) is 4.38. The Bertz CT molecular complexity index is 1400. The third-order valence-electron chi connectivity index (χ3n) is 7.58. The first-order chi connectivity index (χ1) is 18.7. The van der Waals surface area contributed by atoms with E-state index in [1.54, 1.807) is 18.0 Å². The van der Waals surface area contributed by atoms with Gasteiger partial charge in [0.05, 0.1) is 24.2 Å². The summed E-state index contributed by atoms with van der Waals surface area (Å²) in [6.45, 7) is 4.13. The molecule has 216 valence electrons. The molecule has 0 amide bonds. The summed E-state index contributed by atoms with van der Waals surface area (Å²) in [5, 5.41) is 12.3. The van der Waals surface area contributed by atoms with E-state index in [1.807, 2.05) is 0 Å². The van der Waals surface area contributed by atoms with Crippen molar-refractivity contribution >= 4 is 23.2 Å². The number of fused-ring (bicyclic) bond motifs is 1. The van der Waals surface area contributed by atoms with E-state index in [9.17, 15) is 26.3 Å². The molecule has 1 atom stereocenters. The highest BCUT2D eigenvalue weighted by Crippen LogP contribution is 2.47. The minimum absolute atomic E-state index is 0.0544. The molecular weight excluding hydrogens is 558 g/mol. The second kappa shape index (κ2) is 10.4. The third kappa shape index (κ3) is 5.87. The predicted octanol–water partition coefficient (Wildman–Crippen LogP) is 7.28. The van der Waals surface area contributed by atoms with Gasteiger partial charge in [-0.2, -0.15) is 31.1 Å². The number of halogens is 7. The molecule has 2 aromatic carbocycles. The molecule has 13 heteroatoms. The zero-order valence-corrected chi connectivity index (χ0v) is 23.0. The van der Waals surface area contributed by atoms with E-state index in [0.717, 1.165) is 25.0 Å². The molecule has 1 unspecified atom stereocenters. The van der Waals surface area contributed by atoms with E-state index >= 15 is 0 Å². The fraction of sp³-hybridized carbons (Fsp3) is 0.519. The molecule has 0 bridgehead atoms. The lowest BCUT2D eigenvalue weighted by atomic mass is 9.90. The lowest BCUT2D eigenvalue weighted by Gasteiger charge is -2.34. The number of hydrogen-bond donors (Lipinski definition) is 0. The number of nitrogens with zero attached hydrogens (tertiary/aromatic N) is 6. The van der Waals surface area contributed by atoms with Gasteiger partial charge in [-0.1, -0.05) is 22.8 Å².